The second-order valence-electron chi connectivity index (χ2n) is 12.0. The number of hydrogen-bond donors (Lipinski definition) is 9. The Kier molecular flexibility index (Phi) is 16.7. The number of nitrogens with one attached hydrogen (secondary N) is 7. The Bertz CT molecular complexity index is 1380. The lowest BCUT2D eigenvalue weighted by molar-refractivity contribution is -0.371. The summed E-state index contributed by atoms with van der Waals surface area (Å²) in [5, 5.41) is 22.7. The zero-order valence-corrected chi connectivity index (χ0v) is 28.4. The highest BCUT2D eigenvalue weighted by Gasteiger charge is 2.28. The van der Waals surface area contributed by atoms with Gasteiger partial charge >= 0.3 is 5.97 Å². The molecule has 0 unspecified atom stereocenters. The molecule has 0 fully saturated rings. The fourth-order valence-electron chi connectivity index (χ4n) is 4.46. The number of imidazole rings is 2. The minimum Gasteiger partial charge on any atom is -0.480 e. The zero-order chi connectivity index (χ0) is 34.6. The van der Waals surface area contributed by atoms with Gasteiger partial charge in [-0.1, -0.05) is 27.7 Å². The molecule has 0 aliphatic heterocycles. The van der Waals surface area contributed by atoms with E-state index in [1.807, 2.05) is 27.7 Å². The van der Waals surface area contributed by atoms with Gasteiger partial charge in [0.15, 0.2) is 17.2 Å². The highest BCUT2D eigenvalue weighted by atomic mass is 35.5. The third-order valence-electron chi connectivity index (χ3n) is 6.87. The minimum atomic E-state index is -1.24. The summed E-state index contributed by atoms with van der Waals surface area (Å²) in [5.41, 5.74) is 3.20. The quantitative estimate of drug-likeness (QED) is 0.0895. The molecule has 47 heavy (non-hydrogen) atoms. The largest absolute Gasteiger partial charge is 0.480 e. The predicted molar refractivity (Wildman–Crippen MR) is 173 cm³/mol. The first-order chi connectivity index (χ1) is 21.6. The number of aromatic amines is 2. The number of carbonyl (C=O) groups excluding carboxylic acids is 5. The van der Waals surface area contributed by atoms with Crippen LogP contribution >= 0.6 is 12.4 Å². The number of aromatic nitrogens is 4. The maximum atomic E-state index is 13.3. The van der Waals surface area contributed by atoms with Gasteiger partial charge in [0.1, 0.15) is 17.4 Å². The molecule has 0 saturated heterocycles. The number of carboxylic acid groups (broad SMARTS) is 1. The van der Waals surface area contributed by atoms with Crippen LogP contribution in [0.5, 0.6) is 0 Å². The van der Waals surface area contributed by atoms with Crippen molar-refractivity contribution in [3.05, 3.63) is 35.4 Å². The summed E-state index contributed by atoms with van der Waals surface area (Å²) in [6.07, 6.45) is 3.27. The lowest BCUT2D eigenvalue weighted by atomic mass is 9.99. The van der Waals surface area contributed by atoms with Crippen LogP contribution in [-0.4, -0.2) is 104 Å². The molecule has 0 aliphatic carbocycles. The first-order valence-electron chi connectivity index (χ1n) is 15.2. The van der Waals surface area contributed by atoms with Crippen LogP contribution in [0.15, 0.2) is 12.7 Å². The van der Waals surface area contributed by atoms with Crippen molar-refractivity contribution in [2.45, 2.75) is 78.6 Å². The Hall–Kier alpha value is -4.35. The van der Waals surface area contributed by atoms with Gasteiger partial charge in [-0.05, 0) is 38.5 Å². The molecule has 2 aromatic heterocycles. The first kappa shape index (κ1) is 40.7. The molecule has 2 rings (SSSR count). The number of Topliss-reactive ketones (excluding diaryl/α,β-unsaturated/α-hetero) is 1. The van der Waals surface area contributed by atoms with Crippen molar-refractivity contribution in [2.24, 2.45) is 11.8 Å². The van der Waals surface area contributed by atoms with E-state index in [0.717, 1.165) is 6.33 Å². The predicted octanol–water partition coefficient (Wildman–Crippen LogP) is -0.734. The molecule has 17 nitrogen and oxygen atoms in total. The van der Waals surface area contributed by atoms with E-state index in [-0.39, 0.29) is 71.9 Å². The third-order valence-corrected chi connectivity index (χ3v) is 6.87. The highest BCUT2D eigenvalue weighted by Crippen LogP contribution is 2.11. The number of amides is 4. The number of rotatable bonds is 19. The molecule has 0 spiro atoms. The highest BCUT2D eigenvalue weighted by molar-refractivity contribution is 6.06. The van der Waals surface area contributed by atoms with Gasteiger partial charge in [0.05, 0.1) is 37.8 Å². The van der Waals surface area contributed by atoms with Crippen molar-refractivity contribution >= 4 is 47.8 Å². The van der Waals surface area contributed by atoms with E-state index in [9.17, 15) is 28.8 Å². The summed E-state index contributed by atoms with van der Waals surface area (Å²) >= 11 is 0. The van der Waals surface area contributed by atoms with Crippen LogP contribution in [-0.2, 0) is 9.59 Å². The Morgan fingerprint density at radius 1 is 0.766 bits per heavy atom. The molecule has 4 amide bonds. The molecule has 0 aliphatic rings. The number of hydrogen-bond acceptors (Lipinski definition) is 9. The van der Waals surface area contributed by atoms with Crippen LogP contribution in [0.2, 0.25) is 0 Å². The van der Waals surface area contributed by atoms with Crippen molar-refractivity contribution in [3.63, 3.8) is 0 Å². The normalized spacial score (nSPS) is 13.6. The van der Waals surface area contributed by atoms with Crippen molar-refractivity contribution in [2.75, 3.05) is 19.6 Å². The van der Waals surface area contributed by atoms with E-state index in [4.69, 9.17) is 5.11 Å². The zero-order valence-electron chi connectivity index (χ0n) is 27.6. The lowest BCUT2D eigenvalue weighted by Crippen LogP contribution is -2.59. The number of carbonyl (C=O) groups is 6. The summed E-state index contributed by atoms with van der Waals surface area (Å²) in [5.74, 6) is -3.95. The number of ketones is 1. The molecule has 0 saturated carbocycles. The number of carboxylic acids is 1. The van der Waals surface area contributed by atoms with E-state index in [2.05, 4.69) is 52.3 Å². The molecule has 4 atom stereocenters. The maximum absolute atomic E-state index is 13.3. The van der Waals surface area contributed by atoms with E-state index >= 15 is 0 Å². The number of nitrogens with zero attached hydrogens (tertiary/aromatic N) is 2. The maximum Gasteiger partial charge on any atom is 0.325 e. The molecule has 11 N–H and O–H groups in total. The van der Waals surface area contributed by atoms with Crippen molar-refractivity contribution in [1.82, 2.24) is 46.5 Å². The summed E-state index contributed by atoms with van der Waals surface area (Å²) in [6.45, 7) is 11.3. The Morgan fingerprint density at radius 3 is 1.77 bits per heavy atom. The second-order valence-corrected chi connectivity index (χ2v) is 12.0. The van der Waals surface area contributed by atoms with Gasteiger partial charge in [0.2, 0.25) is 0 Å². The van der Waals surface area contributed by atoms with Crippen LogP contribution < -0.4 is 32.3 Å². The van der Waals surface area contributed by atoms with Crippen molar-refractivity contribution < 1.29 is 39.6 Å². The average molecular weight is 684 g/mol. The minimum absolute atomic E-state index is 0. The van der Waals surface area contributed by atoms with E-state index < -0.39 is 47.7 Å². The SMILES string of the molecule is CC(C)C[C@@H](CNCC(=O)[C@H](CC(C)C)NC(=O)c1[nH]cnc1C(=O)N[C@@H](C)C[NH3+])NC(=O)c1nc[nH]c1C(=O)N[C@@H](C)C(=O)O.Cl. The van der Waals surface area contributed by atoms with Crippen molar-refractivity contribution in [3.8, 4) is 0 Å². The van der Waals surface area contributed by atoms with Gasteiger partial charge in [-0.3, -0.25) is 28.8 Å². The van der Waals surface area contributed by atoms with Gasteiger partial charge in [-0.2, -0.15) is 0 Å². The number of aliphatic carboxylic acids is 1. The standard InChI is InChI=1S/C29H46N10O7.ClH/c1-14(2)7-18(38-27(43)23-22(33-13-34-23)26(42)37-17(6)29(45)46)10-31-11-20(40)19(8-15(3)4)39-28(44)24-21(32-12-35-24)25(41)36-16(5)9-30;/h12-19,31H,7-11,30H2,1-6H3,(H,32,35)(H,33,34)(H,36,41)(H,37,42)(H,38,43)(H,39,44)(H,45,46);1H/p+1/t16-,17-,18-,19-;/m0./s1. The molecule has 0 radical (unpaired) electrons. The van der Waals surface area contributed by atoms with E-state index in [1.165, 1.54) is 13.3 Å². The summed E-state index contributed by atoms with van der Waals surface area (Å²) in [7, 11) is 0. The number of quaternary nitrogens is 1. The topological polar surface area (TPSA) is 268 Å². The van der Waals surface area contributed by atoms with Crippen LogP contribution in [0.3, 0.4) is 0 Å². The number of halogens is 1. The number of H-pyrrole nitrogens is 2. The summed E-state index contributed by atoms with van der Waals surface area (Å²) < 4.78 is 0. The van der Waals surface area contributed by atoms with Crippen LogP contribution in [0.25, 0.3) is 0 Å². The Labute approximate surface area is 279 Å². The fraction of sp³-hybridized carbons (Fsp3) is 0.586. The molecule has 0 aromatic carbocycles. The van der Waals surface area contributed by atoms with Gasteiger partial charge < -0.3 is 47.4 Å². The third kappa shape index (κ3) is 12.8. The molecular formula is C29H48ClN10O7+. The molecule has 2 heterocycles. The van der Waals surface area contributed by atoms with E-state index in [0.29, 0.717) is 19.4 Å². The monoisotopic (exact) mass is 683 g/mol. The Morgan fingerprint density at radius 2 is 1.28 bits per heavy atom. The Balaban J connectivity index is 0.0000110. The van der Waals surface area contributed by atoms with E-state index in [1.54, 1.807) is 6.92 Å². The molecular weight excluding hydrogens is 636 g/mol. The van der Waals surface area contributed by atoms with Crippen molar-refractivity contribution in [1.29, 1.82) is 0 Å². The molecule has 18 heteroatoms. The smallest absolute Gasteiger partial charge is 0.325 e. The van der Waals surface area contributed by atoms with Crippen LogP contribution in [0.1, 0.15) is 96.3 Å². The summed E-state index contributed by atoms with van der Waals surface area (Å²) in [6, 6.07) is -2.73. The fourth-order valence-corrected chi connectivity index (χ4v) is 4.46. The van der Waals surface area contributed by atoms with Crippen LogP contribution in [0.4, 0.5) is 0 Å². The molecule has 262 valence electrons. The second kappa shape index (κ2) is 19.3. The molecule has 0 bridgehead atoms. The average Bonchev–Trinajstić information content (AvgIpc) is 3.66. The first-order valence-corrected chi connectivity index (χ1v) is 15.2. The van der Waals surface area contributed by atoms with Gasteiger partial charge in [-0.15, -0.1) is 12.4 Å². The van der Waals surface area contributed by atoms with Gasteiger partial charge in [0, 0.05) is 12.6 Å². The van der Waals surface area contributed by atoms with Crippen LogP contribution in [0, 0.1) is 11.8 Å². The summed E-state index contributed by atoms with van der Waals surface area (Å²) in [4.78, 5) is 88.9. The molecule has 2 aromatic rings. The lowest BCUT2D eigenvalue weighted by Gasteiger charge is -2.23. The van der Waals surface area contributed by atoms with Gasteiger partial charge in [-0.25, -0.2) is 9.97 Å². The van der Waals surface area contributed by atoms with Gasteiger partial charge in [0.25, 0.3) is 23.6 Å².